The molecule has 2 aromatic carbocycles. The van der Waals surface area contributed by atoms with Crippen LogP contribution in [0, 0.1) is 0 Å². The van der Waals surface area contributed by atoms with Crippen LogP contribution in [-0.4, -0.2) is 53.7 Å². The van der Waals surface area contributed by atoms with Gasteiger partial charge in [-0.05, 0) is 48.2 Å². The van der Waals surface area contributed by atoms with E-state index in [4.69, 9.17) is 0 Å². The fraction of sp³-hybridized carbons (Fsp3) is 0.650. The van der Waals surface area contributed by atoms with Gasteiger partial charge in [-0.1, -0.05) is 141 Å². The van der Waals surface area contributed by atoms with Crippen LogP contribution in [0.4, 0.5) is 11.4 Å². The minimum atomic E-state index is 0.964. The van der Waals surface area contributed by atoms with Crippen molar-refractivity contribution in [1.29, 1.82) is 0 Å². The number of aliphatic imine (C=N–C) groups is 2. The van der Waals surface area contributed by atoms with E-state index in [1.165, 1.54) is 138 Å². The van der Waals surface area contributed by atoms with E-state index in [0.29, 0.717) is 0 Å². The molecule has 0 N–H and O–H groups in total. The Hall–Kier alpha value is -2.62. The van der Waals surface area contributed by atoms with E-state index < -0.39 is 0 Å². The lowest BCUT2D eigenvalue weighted by molar-refractivity contribution is 0.567. The van der Waals surface area contributed by atoms with Crippen molar-refractivity contribution in [2.24, 2.45) is 9.98 Å². The molecule has 0 saturated carbocycles. The summed E-state index contributed by atoms with van der Waals surface area (Å²) in [6.45, 7) is 6.48. The van der Waals surface area contributed by atoms with Crippen LogP contribution in [-0.2, 0) is 0 Å². The highest BCUT2D eigenvalue weighted by Crippen LogP contribution is 2.13. The van der Waals surface area contributed by atoms with Crippen LogP contribution in [0.25, 0.3) is 0 Å². The minimum Gasteiger partial charge on any atom is -0.378 e. The van der Waals surface area contributed by atoms with Crippen LogP contribution in [0.5, 0.6) is 0 Å². The van der Waals surface area contributed by atoms with E-state index in [1.807, 2.05) is 12.4 Å². The van der Waals surface area contributed by atoms with Crippen LogP contribution in [0.2, 0.25) is 0 Å². The molecule has 0 fully saturated rings. The van der Waals surface area contributed by atoms with Crippen molar-refractivity contribution in [3.63, 3.8) is 0 Å². The molecular formula is C40H68N4. The van der Waals surface area contributed by atoms with Crippen LogP contribution < -0.4 is 9.80 Å². The van der Waals surface area contributed by atoms with Gasteiger partial charge in [0.05, 0.1) is 0 Å². The fourth-order valence-corrected chi connectivity index (χ4v) is 5.08. The monoisotopic (exact) mass is 605 g/mol. The van der Waals surface area contributed by atoms with Crippen LogP contribution in [0.15, 0.2) is 58.5 Å². The molecule has 44 heavy (non-hydrogen) atoms. The minimum absolute atomic E-state index is 0.964. The molecule has 0 aliphatic carbocycles. The largest absolute Gasteiger partial charge is 0.378 e. The van der Waals surface area contributed by atoms with Crippen LogP contribution in [0.1, 0.15) is 141 Å². The number of unbranched alkanes of at least 4 members (excludes halogenated alkanes) is 16. The molecule has 0 unspecified atom stereocenters. The Morgan fingerprint density at radius 1 is 0.409 bits per heavy atom. The summed E-state index contributed by atoms with van der Waals surface area (Å²) in [5.41, 5.74) is 4.86. The summed E-state index contributed by atoms with van der Waals surface area (Å²) in [6.07, 6.45) is 28.7. The summed E-state index contributed by atoms with van der Waals surface area (Å²) >= 11 is 0. The highest BCUT2D eigenvalue weighted by molar-refractivity contribution is 5.80. The van der Waals surface area contributed by atoms with Gasteiger partial charge in [-0.15, -0.1) is 0 Å². The molecule has 4 heteroatoms. The predicted octanol–water partition coefficient (Wildman–Crippen LogP) is 11.4. The number of hydrogen-bond acceptors (Lipinski definition) is 4. The maximum Gasteiger partial charge on any atom is 0.0389 e. The molecule has 0 aliphatic heterocycles. The number of nitrogens with zero attached hydrogens (tertiary/aromatic N) is 4. The highest BCUT2D eigenvalue weighted by Gasteiger charge is 1.96. The zero-order valence-corrected chi connectivity index (χ0v) is 29.7. The third-order valence-corrected chi connectivity index (χ3v) is 8.08. The van der Waals surface area contributed by atoms with Crippen molar-refractivity contribution >= 4 is 23.8 Å². The molecule has 0 aromatic heterocycles. The summed E-state index contributed by atoms with van der Waals surface area (Å²) < 4.78 is 0. The molecule has 0 spiro atoms. The standard InChI is InChI=1S/2C20H34N2/c2*1-4-5-6-7-8-9-10-11-12-17-21-18-19-13-15-20(16-14-19)22(2)3/h2*13-16,18H,4-12,17H2,1-3H3. The summed E-state index contributed by atoms with van der Waals surface area (Å²) in [7, 11) is 8.25. The van der Waals surface area contributed by atoms with E-state index in [0.717, 1.165) is 13.1 Å². The van der Waals surface area contributed by atoms with Crippen molar-refractivity contribution in [3.8, 4) is 0 Å². The summed E-state index contributed by atoms with van der Waals surface area (Å²) in [4.78, 5) is 13.3. The molecule has 2 aromatic rings. The summed E-state index contributed by atoms with van der Waals surface area (Å²) in [6, 6.07) is 17.1. The Morgan fingerprint density at radius 3 is 0.955 bits per heavy atom. The van der Waals surface area contributed by atoms with Crippen molar-refractivity contribution in [2.75, 3.05) is 51.1 Å². The van der Waals surface area contributed by atoms with Gasteiger partial charge < -0.3 is 9.80 Å². The maximum absolute atomic E-state index is 4.54. The molecule has 0 aliphatic rings. The molecule has 0 radical (unpaired) electrons. The lowest BCUT2D eigenvalue weighted by Crippen LogP contribution is -2.08. The molecule has 0 saturated heterocycles. The zero-order valence-electron chi connectivity index (χ0n) is 29.7. The Morgan fingerprint density at radius 2 is 0.682 bits per heavy atom. The quantitative estimate of drug-likeness (QED) is 0.0881. The van der Waals surface area contributed by atoms with Gasteiger partial charge in [-0.25, -0.2) is 0 Å². The summed E-state index contributed by atoms with van der Waals surface area (Å²) in [5, 5.41) is 0. The summed E-state index contributed by atoms with van der Waals surface area (Å²) in [5.74, 6) is 0. The SMILES string of the molecule is CCCCCCCCCCCN=Cc1ccc(N(C)C)cc1.CCCCCCCCCCCN=Cc1ccc(N(C)C)cc1. The van der Waals surface area contributed by atoms with Gasteiger partial charge >= 0.3 is 0 Å². The molecule has 0 atom stereocenters. The van der Waals surface area contributed by atoms with Gasteiger partial charge in [0.25, 0.3) is 0 Å². The van der Waals surface area contributed by atoms with Gasteiger partial charge in [0.15, 0.2) is 0 Å². The van der Waals surface area contributed by atoms with Crippen molar-refractivity contribution in [1.82, 2.24) is 0 Å². The highest BCUT2D eigenvalue weighted by atomic mass is 15.1. The first-order valence-electron chi connectivity index (χ1n) is 18.0. The lowest BCUT2D eigenvalue weighted by Gasteiger charge is -2.11. The normalized spacial score (nSPS) is 11.2. The molecule has 0 heterocycles. The third-order valence-electron chi connectivity index (χ3n) is 8.08. The Kier molecular flexibility index (Phi) is 25.0. The second kappa shape index (κ2) is 27.9. The number of anilines is 2. The smallest absolute Gasteiger partial charge is 0.0389 e. The average molecular weight is 605 g/mol. The van der Waals surface area contributed by atoms with Gasteiger partial charge in [-0.3, -0.25) is 9.98 Å². The molecule has 4 nitrogen and oxygen atoms in total. The third kappa shape index (κ3) is 22.0. The molecule has 0 bridgehead atoms. The Balaban J connectivity index is 0.000000440. The van der Waals surface area contributed by atoms with E-state index in [2.05, 4.69) is 110 Å². The lowest BCUT2D eigenvalue weighted by atomic mass is 10.1. The van der Waals surface area contributed by atoms with Crippen molar-refractivity contribution in [2.45, 2.75) is 129 Å². The van der Waals surface area contributed by atoms with Crippen LogP contribution >= 0.6 is 0 Å². The first-order valence-corrected chi connectivity index (χ1v) is 18.0. The molecule has 248 valence electrons. The van der Waals surface area contributed by atoms with E-state index >= 15 is 0 Å². The van der Waals surface area contributed by atoms with E-state index in [9.17, 15) is 0 Å². The van der Waals surface area contributed by atoms with Crippen molar-refractivity contribution in [3.05, 3.63) is 59.7 Å². The topological polar surface area (TPSA) is 31.2 Å². The van der Waals surface area contributed by atoms with Gasteiger partial charge in [0, 0.05) is 65.1 Å². The van der Waals surface area contributed by atoms with E-state index in [1.54, 1.807) is 0 Å². The van der Waals surface area contributed by atoms with Gasteiger partial charge in [0.1, 0.15) is 0 Å². The average Bonchev–Trinajstić information content (AvgIpc) is 3.03. The zero-order chi connectivity index (χ0) is 32.1. The molecular weight excluding hydrogens is 536 g/mol. The second-order valence-electron chi connectivity index (χ2n) is 12.7. The second-order valence-corrected chi connectivity index (χ2v) is 12.7. The fourth-order valence-electron chi connectivity index (χ4n) is 5.08. The van der Waals surface area contributed by atoms with Gasteiger partial charge in [-0.2, -0.15) is 0 Å². The molecule has 0 amide bonds. The first-order chi connectivity index (χ1) is 21.5. The van der Waals surface area contributed by atoms with Gasteiger partial charge in [0.2, 0.25) is 0 Å². The predicted molar refractivity (Wildman–Crippen MR) is 201 cm³/mol. The molecule has 2 rings (SSSR count). The Labute approximate surface area is 273 Å². The number of benzene rings is 2. The first kappa shape index (κ1) is 39.4. The maximum atomic E-state index is 4.54. The van der Waals surface area contributed by atoms with Crippen molar-refractivity contribution < 1.29 is 0 Å². The number of rotatable bonds is 24. The van der Waals surface area contributed by atoms with Crippen LogP contribution in [0.3, 0.4) is 0 Å². The Bertz CT molecular complexity index is 865. The van der Waals surface area contributed by atoms with E-state index in [-0.39, 0.29) is 0 Å². The number of hydrogen-bond donors (Lipinski definition) is 0.